The number of benzene rings is 1. The van der Waals surface area contributed by atoms with Crippen molar-refractivity contribution in [3.05, 3.63) is 29.8 Å². The van der Waals surface area contributed by atoms with E-state index < -0.39 is 31.3 Å². The van der Waals surface area contributed by atoms with Crippen molar-refractivity contribution in [3.63, 3.8) is 0 Å². The summed E-state index contributed by atoms with van der Waals surface area (Å²) in [5.74, 6) is 0. The lowest BCUT2D eigenvalue weighted by atomic mass is 10.1. The smallest absolute Gasteiger partial charge is 0.225 e. The number of nitrogens with zero attached hydrogens (tertiary/aromatic N) is 1. The molecule has 0 aliphatic rings. The molecule has 0 aliphatic heterocycles. The van der Waals surface area contributed by atoms with Crippen LogP contribution in [0.3, 0.4) is 0 Å². The summed E-state index contributed by atoms with van der Waals surface area (Å²) in [6.07, 6.45) is 0.162. The lowest BCUT2D eigenvalue weighted by molar-refractivity contribution is 0.558. The average molecular weight is 331 g/mol. The number of hydrogen-bond acceptors (Lipinski definition) is 5. The highest BCUT2D eigenvalue weighted by molar-refractivity contribution is 7.90. The quantitative estimate of drug-likeness (QED) is 0.789. The summed E-state index contributed by atoms with van der Waals surface area (Å²) in [6, 6.07) is 6.71. The minimum Gasteiger partial charge on any atom is -0.225 e. The fourth-order valence-electron chi connectivity index (χ4n) is 1.74. The van der Waals surface area contributed by atoms with Gasteiger partial charge >= 0.3 is 0 Å². The van der Waals surface area contributed by atoms with Crippen molar-refractivity contribution >= 4 is 20.0 Å². The van der Waals surface area contributed by atoms with Crippen molar-refractivity contribution < 1.29 is 16.8 Å². The molecule has 2 atom stereocenters. The van der Waals surface area contributed by atoms with Crippen molar-refractivity contribution in [2.24, 2.45) is 5.14 Å². The molecule has 0 aromatic heterocycles. The van der Waals surface area contributed by atoms with E-state index in [9.17, 15) is 16.8 Å². The van der Waals surface area contributed by atoms with E-state index in [1.165, 1.54) is 18.2 Å². The Kier molecular flexibility index (Phi) is 5.47. The molecule has 1 aromatic carbocycles. The van der Waals surface area contributed by atoms with Gasteiger partial charge in [-0.3, -0.25) is 0 Å². The van der Waals surface area contributed by atoms with Crippen molar-refractivity contribution in [1.82, 2.24) is 4.72 Å². The molecule has 0 aliphatic carbocycles. The second-order valence-corrected chi connectivity index (χ2v) is 7.98. The Balaban J connectivity index is 3.06. The number of primary sulfonamides is 1. The molecule has 0 spiro atoms. The first-order chi connectivity index (χ1) is 9.61. The molecule has 1 rings (SSSR count). The molecule has 0 amide bonds. The molecular weight excluding hydrogens is 314 g/mol. The third-order valence-corrected chi connectivity index (χ3v) is 5.70. The first kappa shape index (κ1) is 17.6. The Morgan fingerprint density at radius 1 is 1.33 bits per heavy atom. The summed E-state index contributed by atoms with van der Waals surface area (Å²) in [5, 5.41) is 12.7. The molecule has 2 unspecified atom stereocenters. The summed E-state index contributed by atoms with van der Waals surface area (Å²) < 4.78 is 48.9. The highest BCUT2D eigenvalue weighted by Crippen LogP contribution is 2.18. The molecule has 0 heterocycles. The van der Waals surface area contributed by atoms with E-state index in [0.717, 1.165) is 0 Å². The van der Waals surface area contributed by atoms with Crippen LogP contribution in [0.1, 0.15) is 31.9 Å². The predicted octanol–water partition coefficient (Wildman–Crippen LogP) is 0.617. The van der Waals surface area contributed by atoms with Gasteiger partial charge in [-0.05, 0) is 31.0 Å². The molecule has 1 aromatic rings. The van der Waals surface area contributed by atoms with Gasteiger partial charge in [0.25, 0.3) is 0 Å². The van der Waals surface area contributed by atoms with E-state index in [0.29, 0.717) is 5.56 Å². The van der Waals surface area contributed by atoms with E-state index in [-0.39, 0.29) is 11.3 Å². The molecule has 0 bridgehead atoms. The lowest BCUT2D eigenvalue weighted by Crippen LogP contribution is -2.35. The van der Waals surface area contributed by atoms with Gasteiger partial charge in [0.15, 0.2) is 5.25 Å². The minimum absolute atomic E-state index is 0.0987. The molecule has 7 nitrogen and oxygen atoms in total. The van der Waals surface area contributed by atoms with E-state index in [1.807, 2.05) is 0 Å². The summed E-state index contributed by atoms with van der Waals surface area (Å²) in [4.78, 5) is -0.0987. The van der Waals surface area contributed by atoms with E-state index >= 15 is 0 Å². The van der Waals surface area contributed by atoms with Gasteiger partial charge < -0.3 is 0 Å². The lowest BCUT2D eigenvalue weighted by Gasteiger charge is -2.17. The van der Waals surface area contributed by atoms with E-state index in [1.54, 1.807) is 26.0 Å². The second-order valence-electron chi connectivity index (χ2n) is 4.53. The van der Waals surface area contributed by atoms with Crippen LogP contribution in [0.2, 0.25) is 0 Å². The van der Waals surface area contributed by atoms with Gasteiger partial charge in [0.1, 0.15) is 0 Å². The van der Waals surface area contributed by atoms with Crippen molar-refractivity contribution in [2.45, 2.75) is 36.5 Å². The largest absolute Gasteiger partial charge is 0.238 e. The monoisotopic (exact) mass is 331 g/mol. The highest BCUT2D eigenvalue weighted by atomic mass is 32.2. The van der Waals surface area contributed by atoms with Gasteiger partial charge in [0, 0.05) is 6.04 Å². The maximum atomic E-state index is 12.0. The Labute approximate surface area is 124 Å². The molecule has 0 fully saturated rings. The Morgan fingerprint density at radius 3 is 2.43 bits per heavy atom. The van der Waals surface area contributed by atoms with Crippen LogP contribution in [0, 0.1) is 11.3 Å². The van der Waals surface area contributed by atoms with Crippen LogP contribution in [0.15, 0.2) is 29.2 Å². The number of nitrogens with two attached hydrogens (primary N) is 1. The van der Waals surface area contributed by atoms with Crippen LogP contribution in [-0.4, -0.2) is 22.1 Å². The van der Waals surface area contributed by atoms with Crippen LogP contribution in [0.5, 0.6) is 0 Å². The molecule has 21 heavy (non-hydrogen) atoms. The summed E-state index contributed by atoms with van der Waals surface area (Å²) in [5.41, 5.74) is 0.442. The van der Waals surface area contributed by atoms with Crippen molar-refractivity contribution in [2.75, 3.05) is 0 Å². The third-order valence-electron chi connectivity index (χ3n) is 2.92. The minimum atomic E-state index is -3.86. The number of nitrogens with one attached hydrogen (secondary N) is 1. The summed E-state index contributed by atoms with van der Waals surface area (Å²) in [6.45, 7) is 3.16. The Bertz CT molecular complexity index is 751. The van der Waals surface area contributed by atoms with E-state index in [4.69, 9.17) is 10.4 Å². The number of rotatable bonds is 6. The summed E-state index contributed by atoms with van der Waals surface area (Å²) in [7, 11) is -7.67. The Hall–Kier alpha value is -1.47. The molecule has 116 valence electrons. The highest BCUT2D eigenvalue weighted by Gasteiger charge is 2.25. The topological polar surface area (TPSA) is 130 Å². The van der Waals surface area contributed by atoms with Crippen LogP contribution < -0.4 is 9.86 Å². The predicted molar refractivity (Wildman–Crippen MR) is 78.0 cm³/mol. The molecule has 9 heteroatoms. The first-order valence-corrected chi connectivity index (χ1v) is 9.24. The molecule has 0 saturated heterocycles. The van der Waals surface area contributed by atoms with Crippen LogP contribution in [-0.2, 0) is 20.0 Å². The first-order valence-electron chi connectivity index (χ1n) is 6.15. The van der Waals surface area contributed by atoms with Crippen molar-refractivity contribution in [1.29, 1.82) is 5.26 Å². The zero-order valence-electron chi connectivity index (χ0n) is 11.6. The van der Waals surface area contributed by atoms with Gasteiger partial charge in [0.2, 0.25) is 20.0 Å². The van der Waals surface area contributed by atoms with Crippen LogP contribution in [0.25, 0.3) is 0 Å². The van der Waals surface area contributed by atoms with Crippen molar-refractivity contribution in [3.8, 4) is 6.07 Å². The molecule has 0 saturated carbocycles. The van der Waals surface area contributed by atoms with Gasteiger partial charge in [0.05, 0.1) is 11.0 Å². The maximum absolute atomic E-state index is 12.0. The molecule has 3 N–H and O–H groups in total. The zero-order valence-corrected chi connectivity index (χ0v) is 13.3. The number of hydrogen-bond donors (Lipinski definition) is 2. The fraction of sp³-hybridized carbons (Fsp3) is 0.417. The van der Waals surface area contributed by atoms with Gasteiger partial charge in [-0.2, -0.15) is 5.26 Å². The molecule has 0 radical (unpaired) electrons. The van der Waals surface area contributed by atoms with Gasteiger partial charge in [-0.25, -0.2) is 26.7 Å². The fourth-order valence-corrected chi connectivity index (χ4v) is 3.68. The number of sulfonamides is 2. The standard InChI is InChI=1S/C12H17N3O4S2/c1-3-11(8-13)21(18,19)15-9(2)10-5-4-6-12(7-10)20(14,16)17/h4-7,9,11,15H,3H2,1-2H3,(H2,14,16,17). The average Bonchev–Trinajstić information content (AvgIpc) is 2.38. The number of nitriles is 1. The summed E-state index contributed by atoms with van der Waals surface area (Å²) >= 11 is 0. The zero-order chi connectivity index (χ0) is 16.3. The van der Waals surface area contributed by atoms with E-state index in [2.05, 4.69) is 4.72 Å². The van der Waals surface area contributed by atoms with Crippen LogP contribution in [0.4, 0.5) is 0 Å². The van der Waals surface area contributed by atoms with Gasteiger partial charge in [-0.1, -0.05) is 19.1 Å². The van der Waals surface area contributed by atoms with Gasteiger partial charge in [-0.15, -0.1) is 0 Å². The molecular formula is C12H17N3O4S2. The normalized spacial score (nSPS) is 15.1. The maximum Gasteiger partial charge on any atom is 0.238 e. The second kappa shape index (κ2) is 6.53. The third kappa shape index (κ3) is 4.50. The SMILES string of the molecule is CCC(C#N)S(=O)(=O)NC(C)c1cccc(S(N)(=O)=O)c1. The van der Waals surface area contributed by atoms with Crippen LogP contribution >= 0.6 is 0 Å². The Morgan fingerprint density at radius 2 is 1.95 bits per heavy atom.